The summed E-state index contributed by atoms with van der Waals surface area (Å²) in [6.07, 6.45) is -4.50. The fourth-order valence-electron chi connectivity index (χ4n) is 2.24. The summed E-state index contributed by atoms with van der Waals surface area (Å²) in [7, 11) is 0. The number of hydrogen-bond acceptors (Lipinski definition) is 2. The number of nitrogens with zero attached hydrogens (tertiary/aromatic N) is 1. The zero-order valence-corrected chi connectivity index (χ0v) is 14.0. The molecule has 2 rings (SSSR count). The molecule has 1 N–H and O–H groups in total. The molecule has 2 nitrogen and oxygen atoms in total. The van der Waals surface area contributed by atoms with E-state index in [9.17, 15) is 17.6 Å². The van der Waals surface area contributed by atoms with E-state index in [1.807, 2.05) is 0 Å². The Morgan fingerprint density at radius 1 is 1.14 bits per heavy atom. The van der Waals surface area contributed by atoms with Crippen LogP contribution in [0.4, 0.5) is 17.6 Å². The lowest BCUT2D eigenvalue weighted by atomic mass is 10.0. The molecule has 0 amide bonds. The molecule has 0 saturated carbocycles. The number of hydrogen-bond donors (Lipinski definition) is 1. The highest BCUT2D eigenvalue weighted by Crippen LogP contribution is 2.39. The van der Waals surface area contributed by atoms with Crippen molar-refractivity contribution in [3.63, 3.8) is 0 Å². The predicted molar refractivity (Wildman–Crippen MR) is 81.8 cm³/mol. The summed E-state index contributed by atoms with van der Waals surface area (Å²) in [5.41, 5.74) is -0.330. The summed E-state index contributed by atoms with van der Waals surface area (Å²) in [4.78, 5) is 1.27. The highest BCUT2D eigenvalue weighted by Gasteiger charge is 2.46. The van der Waals surface area contributed by atoms with Crippen molar-refractivity contribution in [2.24, 2.45) is 0 Å². The van der Waals surface area contributed by atoms with Gasteiger partial charge in [-0.3, -0.25) is 4.90 Å². The lowest BCUT2D eigenvalue weighted by Crippen LogP contribution is -2.49. The summed E-state index contributed by atoms with van der Waals surface area (Å²) in [5, 5.41) is 2.99. The standard InChI is InChI=1S/C12H13BrF4N2.2ClH/c13-8-1-2-10(14)9(7-8)11(12(15,16)17)19-5-3-18-4-6-19;;/h1-2,7,11,18H,3-6H2;2*1H/t11-;;/m1../s1. The van der Waals surface area contributed by atoms with Gasteiger partial charge in [-0.25, -0.2) is 4.39 Å². The number of rotatable bonds is 2. The lowest BCUT2D eigenvalue weighted by Gasteiger charge is -2.36. The molecule has 0 spiro atoms. The molecule has 0 unspecified atom stereocenters. The molecule has 1 atom stereocenters. The molecule has 1 saturated heterocycles. The maximum atomic E-state index is 13.7. The first-order chi connectivity index (χ1) is 8.89. The highest BCUT2D eigenvalue weighted by atomic mass is 79.9. The first-order valence-electron chi connectivity index (χ1n) is 5.86. The molecule has 1 heterocycles. The first kappa shape index (κ1) is 20.9. The topological polar surface area (TPSA) is 15.3 Å². The molecule has 0 radical (unpaired) electrons. The van der Waals surface area contributed by atoms with Crippen LogP contribution in [0.15, 0.2) is 22.7 Å². The van der Waals surface area contributed by atoms with Crippen LogP contribution >= 0.6 is 40.7 Å². The molecule has 1 aromatic carbocycles. The van der Waals surface area contributed by atoms with Gasteiger partial charge in [0, 0.05) is 36.2 Å². The Labute approximate surface area is 141 Å². The van der Waals surface area contributed by atoms with E-state index in [0.29, 0.717) is 17.6 Å². The largest absolute Gasteiger partial charge is 0.408 e. The number of nitrogens with one attached hydrogen (secondary N) is 1. The van der Waals surface area contributed by atoms with E-state index >= 15 is 0 Å². The minimum atomic E-state index is -4.50. The molecule has 1 aromatic rings. The molecular formula is C12H15BrCl2F4N2. The second-order valence-corrected chi connectivity index (χ2v) is 5.31. The normalized spacial score (nSPS) is 17.6. The fraction of sp³-hybridized carbons (Fsp3) is 0.500. The van der Waals surface area contributed by atoms with Crippen LogP contribution in [0.3, 0.4) is 0 Å². The smallest absolute Gasteiger partial charge is 0.314 e. The number of piperazine rings is 1. The number of halogens is 7. The summed E-state index contributed by atoms with van der Waals surface area (Å²) >= 11 is 3.09. The Hall–Kier alpha value is -0.0800. The molecule has 0 bridgehead atoms. The molecule has 9 heteroatoms. The van der Waals surface area contributed by atoms with Crippen LogP contribution in [-0.4, -0.2) is 37.3 Å². The second-order valence-electron chi connectivity index (χ2n) is 4.40. The minimum absolute atomic E-state index is 0. The predicted octanol–water partition coefficient (Wildman–Crippen LogP) is 3.94. The lowest BCUT2D eigenvalue weighted by molar-refractivity contribution is -0.188. The van der Waals surface area contributed by atoms with Crippen LogP contribution < -0.4 is 5.32 Å². The van der Waals surface area contributed by atoms with Crippen LogP contribution in [0.2, 0.25) is 0 Å². The van der Waals surface area contributed by atoms with E-state index in [4.69, 9.17) is 0 Å². The van der Waals surface area contributed by atoms with Crippen molar-refractivity contribution >= 4 is 40.7 Å². The third-order valence-corrected chi connectivity index (χ3v) is 3.57. The van der Waals surface area contributed by atoms with Crippen LogP contribution in [0.1, 0.15) is 11.6 Å². The van der Waals surface area contributed by atoms with Gasteiger partial charge in [0.25, 0.3) is 0 Å². The van der Waals surface area contributed by atoms with Crippen molar-refractivity contribution in [3.05, 3.63) is 34.1 Å². The zero-order chi connectivity index (χ0) is 14.0. The van der Waals surface area contributed by atoms with Gasteiger partial charge < -0.3 is 5.32 Å². The minimum Gasteiger partial charge on any atom is -0.314 e. The Morgan fingerprint density at radius 3 is 2.24 bits per heavy atom. The Kier molecular flexibility index (Phi) is 8.49. The molecular weight excluding hydrogens is 399 g/mol. The monoisotopic (exact) mass is 412 g/mol. The average Bonchev–Trinajstić information content (AvgIpc) is 2.33. The number of benzene rings is 1. The van der Waals surface area contributed by atoms with E-state index in [-0.39, 0.29) is 43.5 Å². The van der Waals surface area contributed by atoms with E-state index in [0.717, 1.165) is 6.07 Å². The maximum Gasteiger partial charge on any atom is 0.408 e. The average molecular weight is 414 g/mol. The molecule has 1 aliphatic rings. The van der Waals surface area contributed by atoms with Crippen LogP contribution in [-0.2, 0) is 0 Å². The molecule has 21 heavy (non-hydrogen) atoms. The Morgan fingerprint density at radius 2 is 1.71 bits per heavy atom. The van der Waals surface area contributed by atoms with Gasteiger partial charge in [0.15, 0.2) is 0 Å². The van der Waals surface area contributed by atoms with Crippen molar-refractivity contribution in [3.8, 4) is 0 Å². The van der Waals surface area contributed by atoms with E-state index < -0.39 is 18.0 Å². The summed E-state index contributed by atoms with van der Waals surface area (Å²) in [6.45, 7) is 1.44. The second kappa shape index (κ2) is 8.53. The molecule has 122 valence electrons. The van der Waals surface area contributed by atoms with Crippen LogP contribution in [0.25, 0.3) is 0 Å². The van der Waals surface area contributed by atoms with Crippen LogP contribution in [0, 0.1) is 5.82 Å². The van der Waals surface area contributed by atoms with Crippen molar-refractivity contribution in [1.29, 1.82) is 0 Å². The summed E-state index contributed by atoms with van der Waals surface area (Å²) in [6, 6.07) is 1.76. The maximum absolute atomic E-state index is 13.7. The van der Waals surface area contributed by atoms with Gasteiger partial charge in [-0.15, -0.1) is 24.8 Å². The molecule has 1 aliphatic heterocycles. The first-order valence-corrected chi connectivity index (χ1v) is 6.65. The third-order valence-electron chi connectivity index (χ3n) is 3.08. The van der Waals surface area contributed by atoms with Crippen molar-refractivity contribution in [2.75, 3.05) is 26.2 Å². The van der Waals surface area contributed by atoms with Crippen LogP contribution in [0.5, 0.6) is 0 Å². The SMILES string of the molecule is Cl.Cl.Fc1ccc(Br)cc1[C@@H](N1CCNCC1)C(F)(F)F. The van der Waals surface area contributed by atoms with E-state index in [1.165, 1.54) is 17.0 Å². The van der Waals surface area contributed by atoms with Gasteiger partial charge >= 0.3 is 6.18 Å². The van der Waals surface area contributed by atoms with Gasteiger partial charge in [-0.1, -0.05) is 15.9 Å². The van der Waals surface area contributed by atoms with Gasteiger partial charge in [0.05, 0.1) is 0 Å². The van der Waals surface area contributed by atoms with Gasteiger partial charge in [0.2, 0.25) is 0 Å². The highest BCUT2D eigenvalue weighted by molar-refractivity contribution is 9.10. The quantitative estimate of drug-likeness (QED) is 0.738. The van der Waals surface area contributed by atoms with E-state index in [2.05, 4.69) is 21.2 Å². The number of alkyl halides is 3. The third kappa shape index (κ3) is 5.25. The van der Waals surface area contributed by atoms with Gasteiger partial charge in [0.1, 0.15) is 11.9 Å². The van der Waals surface area contributed by atoms with E-state index in [1.54, 1.807) is 0 Å². The molecule has 0 aliphatic carbocycles. The zero-order valence-electron chi connectivity index (χ0n) is 10.8. The summed E-state index contributed by atoms with van der Waals surface area (Å²) < 4.78 is 54.0. The molecule has 1 fully saturated rings. The van der Waals surface area contributed by atoms with Crippen molar-refractivity contribution < 1.29 is 17.6 Å². The van der Waals surface area contributed by atoms with Crippen molar-refractivity contribution in [2.45, 2.75) is 12.2 Å². The Balaban J connectivity index is 0.00000200. The van der Waals surface area contributed by atoms with Crippen molar-refractivity contribution in [1.82, 2.24) is 10.2 Å². The fourth-order valence-corrected chi connectivity index (χ4v) is 2.62. The van der Waals surface area contributed by atoms with Gasteiger partial charge in [-0.05, 0) is 18.2 Å². The summed E-state index contributed by atoms with van der Waals surface area (Å²) in [5.74, 6) is -0.830. The molecule has 0 aromatic heterocycles. The Bertz CT molecular complexity index is 453. The van der Waals surface area contributed by atoms with Gasteiger partial charge in [-0.2, -0.15) is 13.2 Å².